The molecule has 2 aliphatic rings. The van der Waals surface area contributed by atoms with E-state index in [-0.39, 0.29) is 13.2 Å². The Morgan fingerprint density at radius 2 is 1.38 bits per heavy atom. The quantitative estimate of drug-likeness (QED) is 0.147. The van der Waals surface area contributed by atoms with E-state index < -0.39 is 55.0 Å². The van der Waals surface area contributed by atoms with Crippen molar-refractivity contribution in [2.75, 3.05) is 13.2 Å². The van der Waals surface area contributed by atoms with Crippen LogP contribution in [0, 0.1) is 0 Å². The first-order valence-corrected chi connectivity index (χ1v) is 13.4. The Hall–Kier alpha value is -1.85. The van der Waals surface area contributed by atoms with Gasteiger partial charge in [0, 0.05) is 0 Å². The maximum Gasteiger partial charge on any atom is 0.338 e. The van der Waals surface area contributed by atoms with Crippen LogP contribution in [0.3, 0.4) is 0 Å². The van der Waals surface area contributed by atoms with E-state index >= 15 is 0 Å². The van der Waals surface area contributed by atoms with Gasteiger partial charge in [-0.1, -0.05) is 62.8 Å². The van der Waals surface area contributed by atoms with Crippen molar-refractivity contribution in [2.45, 2.75) is 107 Å². The average Bonchev–Trinajstić information content (AvgIpc) is 3.34. The van der Waals surface area contributed by atoms with Crippen LogP contribution in [-0.4, -0.2) is 88.6 Å². The normalized spacial score (nSPS) is 31.5. The Balaban J connectivity index is 1.34. The Kier molecular flexibility index (Phi) is 12.5. The molecule has 2 aliphatic heterocycles. The van der Waals surface area contributed by atoms with E-state index in [1.165, 1.54) is 25.7 Å². The largest absolute Gasteiger partial charge is 0.459 e. The molecule has 2 fully saturated rings. The molecule has 0 aliphatic carbocycles. The van der Waals surface area contributed by atoms with Crippen molar-refractivity contribution in [1.29, 1.82) is 0 Å². The summed E-state index contributed by atoms with van der Waals surface area (Å²) in [7, 11) is 0. The van der Waals surface area contributed by atoms with Crippen LogP contribution < -0.4 is 0 Å². The van der Waals surface area contributed by atoms with Gasteiger partial charge in [-0.25, -0.2) is 4.79 Å². The predicted octanol–water partition coefficient (Wildman–Crippen LogP) is 2.49. The van der Waals surface area contributed by atoms with Crippen molar-refractivity contribution in [2.24, 2.45) is 0 Å². The van der Waals surface area contributed by atoms with Gasteiger partial charge in [-0.3, -0.25) is 0 Å². The number of rotatable bonds is 16. The second kappa shape index (κ2) is 15.5. The zero-order chi connectivity index (χ0) is 26.6. The average molecular weight is 523 g/mol. The zero-order valence-electron chi connectivity index (χ0n) is 21.4. The summed E-state index contributed by atoms with van der Waals surface area (Å²) in [5.41, 5.74) is 0.364. The molecule has 1 aromatic rings. The monoisotopic (exact) mass is 522 g/mol. The summed E-state index contributed by atoms with van der Waals surface area (Å²) in [6.45, 7) is 3.34. The molecule has 37 heavy (non-hydrogen) atoms. The van der Waals surface area contributed by atoms with Crippen LogP contribution in [0.2, 0.25) is 0 Å². The number of carbonyl (C=O) groups excluding carboxylic acids is 1. The van der Waals surface area contributed by atoms with Gasteiger partial charge in [0.05, 0.1) is 18.3 Å². The summed E-state index contributed by atoms with van der Waals surface area (Å²) in [6.07, 6.45) is 3.31. The van der Waals surface area contributed by atoms with E-state index in [9.17, 15) is 25.2 Å². The first-order valence-electron chi connectivity index (χ1n) is 13.4. The topological polar surface area (TPSA) is 135 Å². The molecule has 8 unspecified atom stereocenters. The van der Waals surface area contributed by atoms with Gasteiger partial charge in [-0.15, -0.1) is 6.58 Å². The SMILES string of the molecule is C=CCCCCCCCCCC1OC(COC2OC(COC(=O)c3ccccc3)C(O)C2O)C(O)C1O. The summed E-state index contributed by atoms with van der Waals surface area (Å²) in [5, 5.41) is 41.4. The first-order chi connectivity index (χ1) is 17.9. The Bertz CT molecular complexity index is 804. The minimum atomic E-state index is -1.36. The molecule has 0 spiro atoms. The summed E-state index contributed by atoms with van der Waals surface area (Å²) in [5.74, 6) is -0.568. The molecule has 9 nitrogen and oxygen atoms in total. The number of esters is 1. The third kappa shape index (κ3) is 8.85. The van der Waals surface area contributed by atoms with Gasteiger partial charge in [0.25, 0.3) is 0 Å². The minimum absolute atomic E-state index is 0.135. The lowest BCUT2D eigenvalue weighted by Gasteiger charge is -2.20. The highest BCUT2D eigenvalue weighted by atomic mass is 16.7. The molecule has 0 saturated carbocycles. The van der Waals surface area contributed by atoms with Crippen LogP contribution in [0.4, 0.5) is 0 Å². The maximum atomic E-state index is 12.1. The van der Waals surface area contributed by atoms with Crippen molar-refractivity contribution in [3.05, 3.63) is 48.6 Å². The molecule has 0 bridgehead atoms. The number of carbonyl (C=O) groups is 1. The molecular formula is C28H42O9. The van der Waals surface area contributed by atoms with Crippen molar-refractivity contribution < 1.29 is 44.2 Å². The van der Waals surface area contributed by atoms with Gasteiger partial charge >= 0.3 is 5.97 Å². The molecular weight excluding hydrogens is 480 g/mol. The number of hydrogen-bond donors (Lipinski definition) is 4. The molecule has 3 rings (SSSR count). The summed E-state index contributed by atoms with van der Waals surface area (Å²) in [6, 6.07) is 8.41. The van der Waals surface area contributed by atoms with Gasteiger partial charge in [-0.2, -0.15) is 0 Å². The molecule has 4 N–H and O–H groups in total. The molecule has 8 atom stereocenters. The number of ether oxygens (including phenoxy) is 4. The van der Waals surface area contributed by atoms with Gasteiger partial charge in [0.15, 0.2) is 6.29 Å². The van der Waals surface area contributed by atoms with E-state index in [2.05, 4.69) is 6.58 Å². The van der Waals surface area contributed by atoms with Crippen molar-refractivity contribution in [1.82, 2.24) is 0 Å². The lowest BCUT2D eigenvalue weighted by Crippen LogP contribution is -2.38. The number of benzene rings is 1. The van der Waals surface area contributed by atoms with E-state index in [0.717, 1.165) is 25.7 Å². The van der Waals surface area contributed by atoms with Gasteiger partial charge in [-0.05, 0) is 31.4 Å². The molecule has 0 aromatic heterocycles. The lowest BCUT2D eigenvalue weighted by molar-refractivity contribution is -0.189. The van der Waals surface area contributed by atoms with Crippen molar-refractivity contribution >= 4 is 5.97 Å². The molecule has 2 saturated heterocycles. The molecule has 1 aromatic carbocycles. The maximum absolute atomic E-state index is 12.1. The summed E-state index contributed by atoms with van der Waals surface area (Å²) < 4.78 is 22.2. The Morgan fingerprint density at radius 3 is 2.08 bits per heavy atom. The number of unbranched alkanes of at least 4 members (excludes halogenated alkanes) is 7. The predicted molar refractivity (Wildman–Crippen MR) is 136 cm³/mol. The van der Waals surface area contributed by atoms with E-state index in [1.54, 1.807) is 30.3 Å². The molecule has 0 amide bonds. The molecule has 208 valence electrons. The molecule has 2 heterocycles. The van der Waals surface area contributed by atoms with Crippen LogP contribution in [0.25, 0.3) is 0 Å². The van der Waals surface area contributed by atoms with Crippen LogP contribution in [0.5, 0.6) is 0 Å². The van der Waals surface area contributed by atoms with E-state index in [0.29, 0.717) is 12.0 Å². The fourth-order valence-electron chi connectivity index (χ4n) is 4.72. The highest BCUT2D eigenvalue weighted by Crippen LogP contribution is 2.28. The second-order valence-corrected chi connectivity index (χ2v) is 9.86. The number of hydrogen-bond acceptors (Lipinski definition) is 9. The molecule has 9 heteroatoms. The Labute approximate surface area is 219 Å². The van der Waals surface area contributed by atoms with Crippen molar-refractivity contribution in [3.63, 3.8) is 0 Å². The zero-order valence-corrected chi connectivity index (χ0v) is 21.4. The highest BCUT2D eigenvalue weighted by molar-refractivity contribution is 5.89. The minimum Gasteiger partial charge on any atom is -0.459 e. The fraction of sp³-hybridized carbons (Fsp3) is 0.679. The van der Waals surface area contributed by atoms with Gasteiger partial charge in [0.2, 0.25) is 0 Å². The Morgan fingerprint density at radius 1 is 0.784 bits per heavy atom. The first kappa shape index (κ1) is 29.7. The fourth-order valence-corrected chi connectivity index (χ4v) is 4.72. The van der Waals surface area contributed by atoms with Crippen LogP contribution in [0.1, 0.15) is 68.1 Å². The van der Waals surface area contributed by atoms with Gasteiger partial charge < -0.3 is 39.4 Å². The van der Waals surface area contributed by atoms with E-state index in [1.807, 2.05) is 6.08 Å². The highest BCUT2D eigenvalue weighted by Gasteiger charge is 2.46. The van der Waals surface area contributed by atoms with Gasteiger partial charge in [0.1, 0.15) is 43.2 Å². The van der Waals surface area contributed by atoms with Crippen molar-refractivity contribution in [3.8, 4) is 0 Å². The van der Waals surface area contributed by atoms with Crippen LogP contribution >= 0.6 is 0 Å². The lowest BCUT2D eigenvalue weighted by atomic mass is 10.0. The van der Waals surface area contributed by atoms with E-state index in [4.69, 9.17) is 18.9 Å². The van der Waals surface area contributed by atoms with Crippen LogP contribution in [0.15, 0.2) is 43.0 Å². The standard InChI is InChI=1S/C28H42O9/c1-2-3-4-5-6-7-8-9-13-16-20-23(29)24(30)21(36-20)18-35-28-26(32)25(31)22(37-28)17-34-27(33)19-14-11-10-12-15-19/h2,10-12,14-15,20-26,28-32H,1,3-9,13,16-18H2. The van der Waals surface area contributed by atoms with Crippen LogP contribution in [-0.2, 0) is 18.9 Å². The summed E-state index contributed by atoms with van der Waals surface area (Å²) in [4.78, 5) is 12.1. The number of aliphatic hydroxyl groups is 4. The number of aliphatic hydroxyl groups excluding tert-OH is 4. The third-order valence-corrected chi connectivity index (χ3v) is 6.99. The molecule has 0 radical (unpaired) electrons. The number of allylic oxidation sites excluding steroid dienone is 1. The third-order valence-electron chi connectivity index (χ3n) is 6.99. The summed E-state index contributed by atoms with van der Waals surface area (Å²) >= 11 is 0. The smallest absolute Gasteiger partial charge is 0.338 e. The second-order valence-electron chi connectivity index (χ2n) is 9.86.